The van der Waals surface area contributed by atoms with E-state index in [4.69, 9.17) is 9.47 Å². The third-order valence-electron chi connectivity index (χ3n) is 7.15. The molecule has 2 amide bonds. The van der Waals surface area contributed by atoms with Crippen molar-refractivity contribution in [1.82, 2.24) is 4.57 Å². The summed E-state index contributed by atoms with van der Waals surface area (Å²) in [7, 11) is 1.60. The summed E-state index contributed by atoms with van der Waals surface area (Å²) in [6.07, 6.45) is 3.01. The van der Waals surface area contributed by atoms with Crippen LogP contribution in [-0.4, -0.2) is 49.2 Å². The fourth-order valence-corrected chi connectivity index (χ4v) is 5.34. The summed E-state index contributed by atoms with van der Waals surface area (Å²) in [5.41, 5.74) is 4.67. The lowest BCUT2D eigenvalue weighted by Gasteiger charge is -2.30. The van der Waals surface area contributed by atoms with Gasteiger partial charge in [0, 0.05) is 42.3 Å². The number of benzene rings is 2. The van der Waals surface area contributed by atoms with Crippen LogP contribution >= 0.6 is 0 Å². The molecule has 0 radical (unpaired) electrons. The molecule has 192 valence electrons. The minimum absolute atomic E-state index is 0.136. The molecule has 0 N–H and O–H groups in total. The zero-order valence-corrected chi connectivity index (χ0v) is 21.5. The maximum absolute atomic E-state index is 14.0. The molecule has 0 unspecified atom stereocenters. The molecule has 1 fully saturated rings. The number of hydrogen-bond donors (Lipinski definition) is 0. The summed E-state index contributed by atoms with van der Waals surface area (Å²) in [5.74, 6) is 0.239. The van der Waals surface area contributed by atoms with Crippen LogP contribution in [0.15, 0.2) is 48.5 Å². The first-order chi connectivity index (χ1) is 17.9. The van der Waals surface area contributed by atoms with E-state index in [1.807, 2.05) is 64.9 Å². The molecule has 5 rings (SSSR count). The first kappa shape index (κ1) is 24.6. The Balaban J connectivity index is 1.54. The quantitative estimate of drug-likeness (QED) is 0.458. The van der Waals surface area contributed by atoms with Crippen LogP contribution in [-0.2, 0) is 16.0 Å². The van der Waals surface area contributed by atoms with Crippen molar-refractivity contribution in [3.63, 3.8) is 0 Å². The molecular weight excluding hydrogens is 470 g/mol. The van der Waals surface area contributed by atoms with Gasteiger partial charge >= 0.3 is 5.97 Å². The number of amides is 2. The lowest BCUT2D eigenvalue weighted by atomic mass is 10.0. The number of fused-ring (bicyclic) bond motifs is 1. The molecule has 37 heavy (non-hydrogen) atoms. The Morgan fingerprint density at radius 2 is 1.51 bits per heavy atom. The van der Waals surface area contributed by atoms with Gasteiger partial charge in [0.05, 0.1) is 19.3 Å². The smallest absolute Gasteiger partial charge is 0.340 e. The molecule has 0 bridgehead atoms. The van der Waals surface area contributed by atoms with Gasteiger partial charge in [-0.1, -0.05) is 0 Å². The molecule has 0 spiro atoms. The van der Waals surface area contributed by atoms with Crippen LogP contribution < -0.4 is 14.5 Å². The molecule has 2 aliphatic heterocycles. The van der Waals surface area contributed by atoms with Crippen LogP contribution in [0.5, 0.6) is 5.75 Å². The van der Waals surface area contributed by atoms with E-state index in [2.05, 4.69) is 0 Å². The topological polar surface area (TPSA) is 81.1 Å². The second kappa shape index (κ2) is 10.1. The van der Waals surface area contributed by atoms with E-state index in [-0.39, 0.29) is 18.4 Å². The molecule has 0 atom stereocenters. The van der Waals surface area contributed by atoms with Gasteiger partial charge in [-0.25, -0.2) is 4.79 Å². The van der Waals surface area contributed by atoms with Crippen LogP contribution in [0, 0.1) is 6.92 Å². The van der Waals surface area contributed by atoms with E-state index < -0.39 is 5.97 Å². The van der Waals surface area contributed by atoms with Gasteiger partial charge < -0.3 is 23.8 Å². The molecule has 2 aromatic carbocycles. The Morgan fingerprint density at radius 1 is 0.865 bits per heavy atom. The standard InChI is InChI=1S/C29H31N3O5/c1-4-37-29(35)26-19(2)32(22-12-14-23(36-3)15-13-22)27-24(26)16-18-31(28(27)34)21-10-8-20(9-11-21)30-17-6-5-7-25(30)33/h8-15H,4-7,16-18H2,1-3H3. The van der Waals surface area contributed by atoms with Crippen molar-refractivity contribution in [3.8, 4) is 11.4 Å². The number of ether oxygens (including phenoxy) is 2. The molecule has 8 heteroatoms. The molecule has 1 aromatic heterocycles. The van der Waals surface area contributed by atoms with Crippen molar-refractivity contribution < 1.29 is 23.9 Å². The van der Waals surface area contributed by atoms with Gasteiger partial charge in [-0.2, -0.15) is 0 Å². The number of anilines is 2. The van der Waals surface area contributed by atoms with Gasteiger partial charge in [0.15, 0.2) is 0 Å². The first-order valence-electron chi connectivity index (χ1n) is 12.7. The maximum atomic E-state index is 14.0. The van der Waals surface area contributed by atoms with E-state index in [9.17, 15) is 14.4 Å². The molecule has 3 heterocycles. The molecule has 8 nitrogen and oxygen atoms in total. The first-order valence-corrected chi connectivity index (χ1v) is 12.7. The highest BCUT2D eigenvalue weighted by Crippen LogP contribution is 2.35. The van der Waals surface area contributed by atoms with Crippen LogP contribution in [0.3, 0.4) is 0 Å². The van der Waals surface area contributed by atoms with Crippen molar-refractivity contribution in [2.24, 2.45) is 0 Å². The number of carbonyl (C=O) groups is 3. The van der Waals surface area contributed by atoms with Crippen molar-refractivity contribution >= 4 is 29.2 Å². The minimum Gasteiger partial charge on any atom is -0.497 e. The second-order valence-corrected chi connectivity index (χ2v) is 9.27. The number of methoxy groups -OCH3 is 1. The van der Waals surface area contributed by atoms with Gasteiger partial charge in [0.2, 0.25) is 5.91 Å². The van der Waals surface area contributed by atoms with Crippen LogP contribution in [0.2, 0.25) is 0 Å². The fraction of sp³-hybridized carbons (Fsp3) is 0.345. The fourth-order valence-electron chi connectivity index (χ4n) is 5.34. The average molecular weight is 502 g/mol. The predicted octanol–water partition coefficient (Wildman–Crippen LogP) is 4.69. The van der Waals surface area contributed by atoms with Crippen LogP contribution in [0.4, 0.5) is 11.4 Å². The van der Waals surface area contributed by atoms with Crippen molar-refractivity contribution in [3.05, 3.63) is 71.0 Å². The number of aromatic nitrogens is 1. The number of carbonyl (C=O) groups excluding carboxylic acids is 3. The highest BCUT2D eigenvalue weighted by atomic mass is 16.5. The number of rotatable bonds is 6. The Kier molecular flexibility index (Phi) is 6.74. The van der Waals surface area contributed by atoms with E-state index in [0.29, 0.717) is 47.7 Å². The Morgan fingerprint density at radius 3 is 2.14 bits per heavy atom. The van der Waals surface area contributed by atoms with Gasteiger partial charge in [0.1, 0.15) is 11.4 Å². The zero-order chi connectivity index (χ0) is 26.1. The van der Waals surface area contributed by atoms with Gasteiger partial charge in [-0.05, 0) is 87.2 Å². The largest absolute Gasteiger partial charge is 0.497 e. The predicted molar refractivity (Wildman–Crippen MR) is 141 cm³/mol. The van der Waals surface area contributed by atoms with E-state index in [1.165, 1.54) is 0 Å². The normalized spacial score (nSPS) is 15.5. The average Bonchev–Trinajstić information content (AvgIpc) is 3.22. The number of esters is 1. The number of piperidine rings is 1. The lowest BCUT2D eigenvalue weighted by molar-refractivity contribution is -0.119. The number of hydrogen-bond acceptors (Lipinski definition) is 5. The summed E-state index contributed by atoms with van der Waals surface area (Å²) in [6.45, 7) is 5.03. The van der Waals surface area contributed by atoms with Crippen LogP contribution in [0.1, 0.15) is 58.3 Å². The summed E-state index contributed by atoms with van der Waals surface area (Å²) in [6, 6.07) is 15.0. The highest BCUT2D eigenvalue weighted by molar-refractivity contribution is 6.10. The van der Waals surface area contributed by atoms with Crippen molar-refractivity contribution in [2.45, 2.75) is 39.5 Å². The summed E-state index contributed by atoms with van der Waals surface area (Å²) >= 11 is 0. The minimum atomic E-state index is -0.416. The molecule has 2 aliphatic rings. The third-order valence-corrected chi connectivity index (χ3v) is 7.15. The molecular formula is C29H31N3O5. The number of nitrogens with zero attached hydrogens (tertiary/aromatic N) is 3. The van der Waals surface area contributed by atoms with Crippen LogP contribution in [0.25, 0.3) is 5.69 Å². The van der Waals surface area contributed by atoms with Crippen molar-refractivity contribution in [2.75, 3.05) is 36.6 Å². The SMILES string of the molecule is CCOC(=O)c1c2c(n(-c3ccc(OC)cc3)c1C)C(=O)N(c1ccc(N3CCCCC3=O)cc1)CC2. The highest BCUT2D eigenvalue weighted by Gasteiger charge is 2.36. The van der Waals surface area contributed by atoms with Crippen molar-refractivity contribution in [1.29, 1.82) is 0 Å². The molecule has 0 saturated carbocycles. The Bertz CT molecular complexity index is 1340. The third kappa shape index (κ3) is 4.37. The van der Waals surface area contributed by atoms with Gasteiger partial charge in [-0.15, -0.1) is 0 Å². The van der Waals surface area contributed by atoms with Gasteiger partial charge in [0.25, 0.3) is 5.91 Å². The van der Waals surface area contributed by atoms with Gasteiger partial charge in [-0.3, -0.25) is 9.59 Å². The summed E-state index contributed by atoms with van der Waals surface area (Å²) < 4.78 is 12.5. The van der Waals surface area contributed by atoms with E-state index in [0.717, 1.165) is 36.4 Å². The summed E-state index contributed by atoms with van der Waals surface area (Å²) in [5, 5.41) is 0. The summed E-state index contributed by atoms with van der Waals surface area (Å²) in [4.78, 5) is 42.8. The molecule has 0 aliphatic carbocycles. The van der Waals surface area contributed by atoms with E-state index >= 15 is 0 Å². The molecule has 1 saturated heterocycles. The Hall–Kier alpha value is -4.07. The second-order valence-electron chi connectivity index (χ2n) is 9.27. The Labute approximate surface area is 216 Å². The maximum Gasteiger partial charge on any atom is 0.340 e. The molecule has 3 aromatic rings. The lowest BCUT2D eigenvalue weighted by Crippen LogP contribution is -2.39. The monoisotopic (exact) mass is 501 g/mol. The van der Waals surface area contributed by atoms with E-state index in [1.54, 1.807) is 18.9 Å². The zero-order valence-electron chi connectivity index (χ0n) is 21.5.